The summed E-state index contributed by atoms with van der Waals surface area (Å²) in [5, 5.41) is 12.7. The van der Waals surface area contributed by atoms with Crippen molar-refractivity contribution in [3.05, 3.63) is 0 Å². The highest BCUT2D eigenvalue weighted by Crippen LogP contribution is 2.24. The summed E-state index contributed by atoms with van der Waals surface area (Å²) in [4.78, 5) is 0. The molecule has 4 atom stereocenters. The van der Waals surface area contributed by atoms with E-state index in [1.807, 2.05) is 13.8 Å². The van der Waals surface area contributed by atoms with Gasteiger partial charge in [-0.05, 0) is 39.0 Å². The van der Waals surface area contributed by atoms with Crippen LogP contribution in [-0.2, 0) is 0 Å². The van der Waals surface area contributed by atoms with E-state index in [0.717, 1.165) is 5.92 Å². The Morgan fingerprint density at radius 2 is 2.00 bits per heavy atom. The summed E-state index contributed by atoms with van der Waals surface area (Å²) < 4.78 is 0. The van der Waals surface area contributed by atoms with Crippen molar-refractivity contribution in [2.45, 2.75) is 58.2 Å². The fraction of sp³-hybridized carbons (Fsp3) is 1.00. The predicted molar refractivity (Wildman–Crippen MR) is 51.1 cm³/mol. The molecular weight excluding hydrogens is 150 g/mol. The Labute approximate surface area is 75.4 Å². The second-order valence-electron chi connectivity index (χ2n) is 4.31. The van der Waals surface area contributed by atoms with Crippen LogP contribution in [0.1, 0.15) is 40.0 Å². The van der Waals surface area contributed by atoms with Crippen molar-refractivity contribution in [1.29, 1.82) is 0 Å². The molecule has 1 saturated carbocycles. The smallest absolute Gasteiger partial charge is 0.0662 e. The molecule has 0 heterocycles. The molecule has 0 spiro atoms. The molecule has 2 heteroatoms. The molecule has 12 heavy (non-hydrogen) atoms. The molecule has 1 aliphatic carbocycles. The minimum absolute atomic E-state index is 0.235. The minimum Gasteiger partial charge on any atom is -0.392 e. The van der Waals surface area contributed by atoms with Crippen LogP contribution in [-0.4, -0.2) is 23.3 Å². The highest BCUT2D eigenvalue weighted by Gasteiger charge is 2.23. The molecule has 0 aromatic rings. The van der Waals surface area contributed by atoms with Crippen LogP contribution in [0.5, 0.6) is 0 Å². The van der Waals surface area contributed by atoms with E-state index in [1.165, 1.54) is 19.3 Å². The molecule has 1 fully saturated rings. The van der Waals surface area contributed by atoms with Gasteiger partial charge < -0.3 is 10.4 Å². The maximum absolute atomic E-state index is 9.28. The van der Waals surface area contributed by atoms with Crippen LogP contribution in [0.15, 0.2) is 0 Å². The third-order valence-electron chi connectivity index (χ3n) is 2.92. The van der Waals surface area contributed by atoms with Gasteiger partial charge in [0, 0.05) is 12.1 Å². The molecule has 0 amide bonds. The Kier molecular flexibility index (Phi) is 3.53. The summed E-state index contributed by atoms with van der Waals surface area (Å²) in [6, 6.07) is 0.880. The van der Waals surface area contributed by atoms with E-state index in [-0.39, 0.29) is 12.1 Å². The van der Waals surface area contributed by atoms with Crippen LogP contribution in [0.4, 0.5) is 0 Å². The van der Waals surface area contributed by atoms with E-state index >= 15 is 0 Å². The van der Waals surface area contributed by atoms with Gasteiger partial charge in [-0.1, -0.05) is 6.92 Å². The summed E-state index contributed by atoms with van der Waals surface area (Å²) in [7, 11) is 0. The quantitative estimate of drug-likeness (QED) is 0.675. The third kappa shape index (κ3) is 2.76. The fourth-order valence-electron chi connectivity index (χ4n) is 1.87. The fourth-order valence-corrected chi connectivity index (χ4v) is 1.87. The van der Waals surface area contributed by atoms with Gasteiger partial charge in [-0.25, -0.2) is 0 Å². The summed E-state index contributed by atoms with van der Waals surface area (Å²) in [6.07, 6.45) is 3.65. The molecule has 2 nitrogen and oxygen atoms in total. The van der Waals surface area contributed by atoms with Crippen LogP contribution in [0.25, 0.3) is 0 Å². The average Bonchev–Trinajstić information content (AvgIpc) is 2.35. The van der Waals surface area contributed by atoms with Crippen molar-refractivity contribution >= 4 is 0 Å². The molecule has 1 aliphatic rings. The van der Waals surface area contributed by atoms with Crippen LogP contribution in [0.3, 0.4) is 0 Å². The monoisotopic (exact) mass is 171 g/mol. The van der Waals surface area contributed by atoms with Crippen molar-refractivity contribution in [2.75, 3.05) is 0 Å². The van der Waals surface area contributed by atoms with Crippen molar-refractivity contribution in [1.82, 2.24) is 5.32 Å². The van der Waals surface area contributed by atoms with Crippen LogP contribution in [0.2, 0.25) is 0 Å². The zero-order chi connectivity index (χ0) is 9.14. The van der Waals surface area contributed by atoms with Crippen LogP contribution < -0.4 is 5.32 Å². The van der Waals surface area contributed by atoms with Gasteiger partial charge in [0.15, 0.2) is 0 Å². The Morgan fingerprint density at radius 3 is 2.42 bits per heavy atom. The minimum atomic E-state index is -0.235. The van der Waals surface area contributed by atoms with E-state index in [1.54, 1.807) is 0 Å². The number of nitrogens with one attached hydrogen (secondary N) is 1. The van der Waals surface area contributed by atoms with E-state index in [9.17, 15) is 5.11 Å². The highest BCUT2D eigenvalue weighted by atomic mass is 16.3. The Balaban J connectivity index is 2.23. The molecule has 0 saturated heterocycles. The first-order valence-corrected chi connectivity index (χ1v) is 5.03. The summed E-state index contributed by atoms with van der Waals surface area (Å²) in [5.74, 6) is 0.865. The van der Waals surface area contributed by atoms with Gasteiger partial charge in [0.1, 0.15) is 0 Å². The summed E-state index contributed by atoms with van der Waals surface area (Å²) >= 11 is 0. The zero-order valence-corrected chi connectivity index (χ0v) is 8.38. The van der Waals surface area contributed by atoms with Crippen LogP contribution in [0, 0.1) is 5.92 Å². The largest absolute Gasteiger partial charge is 0.392 e. The molecule has 4 unspecified atom stereocenters. The zero-order valence-electron chi connectivity index (χ0n) is 8.38. The predicted octanol–water partition coefficient (Wildman–Crippen LogP) is 1.53. The normalized spacial score (nSPS) is 35.0. The average molecular weight is 171 g/mol. The van der Waals surface area contributed by atoms with Gasteiger partial charge in [0.2, 0.25) is 0 Å². The van der Waals surface area contributed by atoms with Gasteiger partial charge in [-0.15, -0.1) is 0 Å². The van der Waals surface area contributed by atoms with E-state index in [0.29, 0.717) is 6.04 Å². The Bertz CT molecular complexity index is 136. The number of aliphatic hydroxyl groups is 1. The summed E-state index contributed by atoms with van der Waals surface area (Å²) in [6.45, 7) is 6.19. The standard InChI is InChI=1S/C10H21NO/c1-7-4-5-10(6-7)11-8(2)9(3)12/h7-12H,4-6H2,1-3H3. The lowest BCUT2D eigenvalue weighted by molar-refractivity contribution is 0.145. The van der Waals surface area contributed by atoms with E-state index < -0.39 is 0 Å². The molecule has 0 bridgehead atoms. The van der Waals surface area contributed by atoms with Crippen molar-refractivity contribution in [3.63, 3.8) is 0 Å². The molecule has 0 aliphatic heterocycles. The van der Waals surface area contributed by atoms with Gasteiger partial charge in [0.05, 0.1) is 6.10 Å². The maximum atomic E-state index is 9.28. The lowest BCUT2D eigenvalue weighted by atomic mass is 10.1. The first-order valence-electron chi connectivity index (χ1n) is 5.03. The second kappa shape index (κ2) is 4.24. The molecule has 0 radical (unpaired) electrons. The van der Waals surface area contributed by atoms with Crippen molar-refractivity contribution < 1.29 is 5.11 Å². The summed E-state index contributed by atoms with van der Waals surface area (Å²) in [5.41, 5.74) is 0. The van der Waals surface area contributed by atoms with Gasteiger partial charge in [-0.3, -0.25) is 0 Å². The molecule has 1 rings (SSSR count). The van der Waals surface area contributed by atoms with Gasteiger partial charge in [0.25, 0.3) is 0 Å². The first kappa shape index (κ1) is 10.0. The highest BCUT2D eigenvalue weighted by molar-refractivity contribution is 4.81. The topological polar surface area (TPSA) is 32.3 Å². The molecular formula is C10H21NO. The maximum Gasteiger partial charge on any atom is 0.0662 e. The lowest BCUT2D eigenvalue weighted by Crippen LogP contribution is -2.41. The lowest BCUT2D eigenvalue weighted by Gasteiger charge is -2.21. The molecule has 0 aromatic heterocycles. The van der Waals surface area contributed by atoms with Crippen LogP contribution >= 0.6 is 0 Å². The number of aliphatic hydroxyl groups excluding tert-OH is 1. The molecule has 2 N–H and O–H groups in total. The van der Waals surface area contributed by atoms with E-state index in [4.69, 9.17) is 0 Å². The SMILES string of the molecule is CC1CCC(NC(C)C(C)O)C1. The first-order chi connectivity index (χ1) is 5.59. The van der Waals surface area contributed by atoms with Crippen molar-refractivity contribution in [3.8, 4) is 0 Å². The van der Waals surface area contributed by atoms with Gasteiger partial charge in [-0.2, -0.15) is 0 Å². The van der Waals surface area contributed by atoms with Crippen molar-refractivity contribution in [2.24, 2.45) is 5.92 Å². The third-order valence-corrected chi connectivity index (χ3v) is 2.92. The van der Waals surface area contributed by atoms with Gasteiger partial charge >= 0.3 is 0 Å². The number of hydrogen-bond acceptors (Lipinski definition) is 2. The Hall–Kier alpha value is -0.0800. The second-order valence-corrected chi connectivity index (χ2v) is 4.31. The number of rotatable bonds is 3. The Morgan fingerprint density at radius 1 is 1.33 bits per heavy atom. The molecule has 0 aromatic carbocycles. The number of hydrogen-bond donors (Lipinski definition) is 2. The molecule has 72 valence electrons. The van der Waals surface area contributed by atoms with E-state index in [2.05, 4.69) is 12.2 Å².